The highest BCUT2D eigenvalue weighted by Crippen LogP contribution is 2.15. The van der Waals surface area contributed by atoms with Gasteiger partial charge in [-0.15, -0.1) is 0 Å². The SMILES string of the molecule is O=C(NCCSCc1ccccc1F)c1ccc(CS(=O)(=O)N2CCOCC2)cc1. The smallest absolute Gasteiger partial charge is 0.251 e. The van der Waals surface area contributed by atoms with Gasteiger partial charge in [0.05, 0.1) is 19.0 Å². The van der Waals surface area contributed by atoms with Gasteiger partial charge in [-0.2, -0.15) is 16.1 Å². The number of sulfonamides is 1. The standard InChI is InChI=1S/C21H25FN2O4S2/c22-20-4-2-1-3-19(20)15-29-14-9-23-21(25)18-7-5-17(6-8-18)16-30(26,27)24-10-12-28-13-11-24/h1-8H,9-16H2,(H,23,25). The first kappa shape index (κ1) is 22.7. The van der Waals surface area contributed by atoms with E-state index in [2.05, 4.69) is 5.32 Å². The van der Waals surface area contributed by atoms with Gasteiger partial charge in [0.2, 0.25) is 10.0 Å². The number of benzene rings is 2. The van der Waals surface area contributed by atoms with Crippen molar-refractivity contribution in [2.45, 2.75) is 11.5 Å². The van der Waals surface area contributed by atoms with Gasteiger partial charge in [-0.1, -0.05) is 30.3 Å². The van der Waals surface area contributed by atoms with Gasteiger partial charge in [0.15, 0.2) is 0 Å². The third-order valence-electron chi connectivity index (χ3n) is 4.68. The third-order valence-corrected chi connectivity index (χ3v) is 7.53. The molecule has 0 radical (unpaired) electrons. The fourth-order valence-electron chi connectivity index (χ4n) is 3.02. The molecule has 1 saturated heterocycles. The van der Waals surface area contributed by atoms with Crippen LogP contribution in [0.3, 0.4) is 0 Å². The Bertz CT molecular complexity index is 946. The van der Waals surface area contributed by atoms with Crippen LogP contribution in [-0.2, 0) is 26.3 Å². The topological polar surface area (TPSA) is 75.7 Å². The Labute approximate surface area is 180 Å². The fraction of sp³-hybridized carbons (Fsp3) is 0.381. The van der Waals surface area contributed by atoms with Crippen LogP contribution >= 0.6 is 11.8 Å². The van der Waals surface area contributed by atoms with Crippen molar-refractivity contribution in [2.75, 3.05) is 38.6 Å². The van der Waals surface area contributed by atoms with Crippen LogP contribution in [0, 0.1) is 5.82 Å². The van der Waals surface area contributed by atoms with Crippen LogP contribution < -0.4 is 5.32 Å². The molecule has 3 rings (SSSR count). The number of thioether (sulfide) groups is 1. The molecule has 0 bridgehead atoms. The van der Waals surface area contributed by atoms with E-state index in [-0.39, 0.29) is 17.5 Å². The van der Waals surface area contributed by atoms with Gasteiger partial charge in [0.25, 0.3) is 5.91 Å². The second kappa shape index (κ2) is 10.9. The molecule has 0 saturated carbocycles. The van der Waals surface area contributed by atoms with Crippen molar-refractivity contribution in [1.82, 2.24) is 9.62 Å². The van der Waals surface area contributed by atoms with Gasteiger partial charge in [0, 0.05) is 36.7 Å². The molecule has 1 fully saturated rings. The van der Waals surface area contributed by atoms with Crippen LogP contribution in [0.2, 0.25) is 0 Å². The molecule has 2 aromatic rings. The summed E-state index contributed by atoms with van der Waals surface area (Å²) < 4.78 is 45.1. The molecular weight excluding hydrogens is 427 g/mol. The van der Waals surface area contributed by atoms with Crippen LogP contribution in [0.15, 0.2) is 48.5 Å². The van der Waals surface area contributed by atoms with E-state index < -0.39 is 10.0 Å². The number of carbonyl (C=O) groups excluding carboxylic acids is 1. The molecule has 1 N–H and O–H groups in total. The van der Waals surface area contributed by atoms with Gasteiger partial charge in [0.1, 0.15) is 5.82 Å². The first-order valence-electron chi connectivity index (χ1n) is 9.69. The van der Waals surface area contributed by atoms with Crippen LogP contribution in [0.1, 0.15) is 21.5 Å². The van der Waals surface area contributed by atoms with E-state index in [1.54, 1.807) is 54.2 Å². The van der Waals surface area contributed by atoms with Crippen molar-refractivity contribution in [3.63, 3.8) is 0 Å². The summed E-state index contributed by atoms with van der Waals surface area (Å²) >= 11 is 1.55. The van der Waals surface area contributed by atoms with Gasteiger partial charge in [-0.25, -0.2) is 12.8 Å². The van der Waals surface area contributed by atoms with Crippen molar-refractivity contribution >= 4 is 27.7 Å². The number of halogens is 1. The molecule has 1 heterocycles. The van der Waals surface area contributed by atoms with Crippen molar-refractivity contribution in [3.8, 4) is 0 Å². The predicted molar refractivity (Wildman–Crippen MR) is 116 cm³/mol. The molecule has 9 heteroatoms. The van der Waals surface area contributed by atoms with Crippen molar-refractivity contribution in [3.05, 3.63) is 71.0 Å². The Balaban J connectivity index is 1.42. The van der Waals surface area contributed by atoms with E-state index in [0.29, 0.717) is 61.0 Å². The molecule has 0 aromatic heterocycles. The molecule has 0 aliphatic carbocycles. The molecule has 1 aliphatic rings. The minimum atomic E-state index is -3.39. The third kappa shape index (κ3) is 6.53. The van der Waals surface area contributed by atoms with Gasteiger partial charge in [-0.3, -0.25) is 4.79 Å². The minimum absolute atomic E-state index is 0.0957. The van der Waals surface area contributed by atoms with Gasteiger partial charge in [-0.05, 0) is 29.3 Å². The number of nitrogens with one attached hydrogen (secondary N) is 1. The lowest BCUT2D eigenvalue weighted by Crippen LogP contribution is -2.41. The number of hydrogen-bond donors (Lipinski definition) is 1. The highest BCUT2D eigenvalue weighted by molar-refractivity contribution is 7.98. The monoisotopic (exact) mass is 452 g/mol. The summed E-state index contributed by atoms with van der Waals surface area (Å²) in [5.41, 5.74) is 1.76. The van der Waals surface area contributed by atoms with E-state index in [4.69, 9.17) is 4.74 Å². The molecular formula is C21H25FN2O4S2. The number of hydrogen-bond acceptors (Lipinski definition) is 5. The number of rotatable bonds is 9. The maximum Gasteiger partial charge on any atom is 0.251 e. The van der Waals surface area contributed by atoms with E-state index in [9.17, 15) is 17.6 Å². The quantitative estimate of drug-likeness (QED) is 0.592. The lowest BCUT2D eigenvalue weighted by Gasteiger charge is -2.26. The first-order chi connectivity index (χ1) is 14.5. The van der Waals surface area contributed by atoms with E-state index in [1.165, 1.54) is 10.4 Å². The summed E-state index contributed by atoms with van der Waals surface area (Å²) in [6.45, 7) is 2.04. The number of nitrogens with zero attached hydrogens (tertiary/aromatic N) is 1. The Hall–Kier alpha value is -1.94. The number of morpholine rings is 1. The van der Waals surface area contributed by atoms with E-state index >= 15 is 0 Å². The zero-order chi connectivity index (χ0) is 21.4. The molecule has 2 aromatic carbocycles. The zero-order valence-electron chi connectivity index (χ0n) is 16.6. The maximum atomic E-state index is 13.6. The molecule has 0 spiro atoms. The lowest BCUT2D eigenvalue weighted by molar-refractivity contribution is 0.0729. The Morgan fingerprint density at radius 2 is 1.80 bits per heavy atom. The first-order valence-corrected chi connectivity index (χ1v) is 12.5. The highest BCUT2D eigenvalue weighted by Gasteiger charge is 2.24. The molecule has 0 unspecified atom stereocenters. The van der Waals surface area contributed by atoms with Crippen molar-refractivity contribution < 1.29 is 22.3 Å². The Morgan fingerprint density at radius 1 is 1.10 bits per heavy atom. The molecule has 30 heavy (non-hydrogen) atoms. The number of carbonyl (C=O) groups is 1. The predicted octanol–water partition coefficient (Wildman–Crippen LogP) is 2.65. The Kier molecular flexibility index (Phi) is 8.26. The number of amides is 1. The second-order valence-electron chi connectivity index (χ2n) is 6.86. The van der Waals surface area contributed by atoms with E-state index in [1.807, 2.05) is 0 Å². The molecule has 162 valence electrons. The highest BCUT2D eigenvalue weighted by atomic mass is 32.2. The van der Waals surface area contributed by atoms with Crippen LogP contribution in [0.5, 0.6) is 0 Å². The summed E-state index contributed by atoms with van der Waals surface area (Å²) in [4.78, 5) is 12.3. The normalized spacial score (nSPS) is 15.1. The zero-order valence-corrected chi connectivity index (χ0v) is 18.2. The maximum absolute atomic E-state index is 13.6. The van der Waals surface area contributed by atoms with Crippen molar-refractivity contribution in [1.29, 1.82) is 0 Å². The Morgan fingerprint density at radius 3 is 2.50 bits per heavy atom. The van der Waals surface area contributed by atoms with Crippen LogP contribution in [0.25, 0.3) is 0 Å². The summed E-state index contributed by atoms with van der Waals surface area (Å²) in [6.07, 6.45) is 0. The average molecular weight is 453 g/mol. The molecule has 0 atom stereocenters. The number of ether oxygens (including phenoxy) is 1. The van der Waals surface area contributed by atoms with Crippen molar-refractivity contribution in [2.24, 2.45) is 0 Å². The van der Waals surface area contributed by atoms with E-state index in [0.717, 1.165) is 0 Å². The van der Waals surface area contributed by atoms with Crippen LogP contribution in [-0.4, -0.2) is 57.2 Å². The summed E-state index contributed by atoms with van der Waals surface area (Å²) in [7, 11) is -3.39. The molecule has 1 aliphatic heterocycles. The van der Waals surface area contributed by atoms with Crippen LogP contribution in [0.4, 0.5) is 4.39 Å². The van der Waals surface area contributed by atoms with Gasteiger partial charge >= 0.3 is 0 Å². The minimum Gasteiger partial charge on any atom is -0.379 e. The summed E-state index contributed by atoms with van der Waals surface area (Å²) in [5.74, 6) is 0.681. The van der Waals surface area contributed by atoms with Gasteiger partial charge < -0.3 is 10.1 Å². The molecule has 6 nitrogen and oxygen atoms in total. The molecule has 1 amide bonds. The lowest BCUT2D eigenvalue weighted by atomic mass is 10.1. The largest absolute Gasteiger partial charge is 0.379 e. The fourth-order valence-corrected chi connectivity index (χ4v) is 5.36. The second-order valence-corrected chi connectivity index (χ2v) is 9.94. The summed E-state index contributed by atoms with van der Waals surface area (Å²) in [6, 6.07) is 13.2. The summed E-state index contributed by atoms with van der Waals surface area (Å²) in [5, 5.41) is 2.83. The average Bonchev–Trinajstić information content (AvgIpc) is 2.75.